The van der Waals surface area contributed by atoms with Crippen LogP contribution < -0.4 is 10.1 Å². The van der Waals surface area contributed by atoms with Crippen LogP contribution in [-0.4, -0.2) is 34.0 Å². The van der Waals surface area contributed by atoms with Gasteiger partial charge in [-0.1, -0.05) is 11.6 Å². The number of nitrogens with zero attached hydrogens (tertiary/aromatic N) is 1. The summed E-state index contributed by atoms with van der Waals surface area (Å²) in [5.74, 6) is -1.97. The van der Waals surface area contributed by atoms with E-state index in [9.17, 15) is 23.5 Å². The van der Waals surface area contributed by atoms with Crippen molar-refractivity contribution in [2.24, 2.45) is 0 Å². The fourth-order valence-electron chi connectivity index (χ4n) is 3.23. The molecule has 1 aliphatic heterocycles. The van der Waals surface area contributed by atoms with E-state index in [1.807, 2.05) is 0 Å². The molecule has 1 unspecified atom stereocenters. The lowest BCUT2D eigenvalue weighted by Crippen LogP contribution is -2.52. The molecule has 1 heterocycles. The standard InChI is InChI=1S/C24H17ClF2N2O4/c25-15-1-6-20(21(13-15)33-19-4-2-16(26)3-5-19)23(31)28-18-8-11-29(12-9-18)24(32)10-7-17(27)14-22(24)30/h1-11,13-14,32H,12H2,(H,28,31). The maximum Gasteiger partial charge on any atom is 0.259 e. The third-order valence-corrected chi connectivity index (χ3v) is 5.21. The van der Waals surface area contributed by atoms with Crippen molar-refractivity contribution in [3.8, 4) is 11.5 Å². The van der Waals surface area contributed by atoms with Crippen LogP contribution in [0.2, 0.25) is 5.02 Å². The van der Waals surface area contributed by atoms with Crippen LogP contribution in [0.25, 0.3) is 0 Å². The number of benzene rings is 2. The van der Waals surface area contributed by atoms with Crippen molar-refractivity contribution in [1.29, 1.82) is 0 Å². The minimum atomic E-state index is -2.01. The van der Waals surface area contributed by atoms with Gasteiger partial charge in [0.25, 0.3) is 5.91 Å². The fourth-order valence-corrected chi connectivity index (χ4v) is 3.39. The number of carbonyl (C=O) groups excluding carboxylic acids is 2. The highest BCUT2D eigenvalue weighted by molar-refractivity contribution is 6.30. The van der Waals surface area contributed by atoms with Gasteiger partial charge in [0.2, 0.25) is 11.5 Å². The van der Waals surface area contributed by atoms with E-state index in [4.69, 9.17) is 16.3 Å². The molecule has 2 aromatic carbocycles. The van der Waals surface area contributed by atoms with Crippen LogP contribution in [0.15, 0.2) is 90.6 Å². The average molecular weight is 471 g/mol. The zero-order valence-corrected chi connectivity index (χ0v) is 17.7. The molecule has 0 saturated carbocycles. The Balaban J connectivity index is 1.47. The predicted molar refractivity (Wildman–Crippen MR) is 118 cm³/mol. The molecule has 9 heteroatoms. The molecule has 168 valence electrons. The van der Waals surface area contributed by atoms with Gasteiger partial charge >= 0.3 is 0 Å². The van der Waals surface area contributed by atoms with Gasteiger partial charge in [-0.15, -0.1) is 0 Å². The van der Waals surface area contributed by atoms with Crippen molar-refractivity contribution in [2.75, 3.05) is 6.54 Å². The summed E-state index contributed by atoms with van der Waals surface area (Å²) in [6, 6.07) is 9.79. The third-order valence-electron chi connectivity index (χ3n) is 4.97. The molecule has 0 bridgehead atoms. The number of hydrogen-bond acceptors (Lipinski definition) is 5. The molecule has 2 N–H and O–H groups in total. The van der Waals surface area contributed by atoms with E-state index < -0.39 is 29.1 Å². The zero-order chi connectivity index (χ0) is 23.6. The molecule has 4 rings (SSSR count). The number of hydrogen-bond donors (Lipinski definition) is 2. The van der Waals surface area contributed by atoms with Crippen LogP contribution in [0.1, 0.15) is 10.4 Å². The van der Waals surface area contributed by atoms with Crippen LogP contribution in [0.5, 0.6) is 11.5 Å². The van der Waals surface area contributed by atoms with Gasteiger partial charge in [-0.2, -0.15) is 0 Å². The van der Waals surface area contributed by atoms with Crippen molar-refractivity contribution in [3.63, 3.8) is 0 Å². The summed E-state index contributed by atoms with van der Waals surface area (Å²) in [5, 5.41) is 13.7. The number of ketones is 1. The minimum absolute atomic E-state index is 0.0771. The summed E-state index contributed by atoms with van der Waals surface area (Å²) >= 11 is 6.04. The first kappa shape index (κ1) is 22.4. The Hall–Kier alpha value is -3.75. The lowest BCUT2D eigenvalue weighted by atomic mass is 10.00. The van der Waals surface area contributed by atoms with Crippen LogP contribution in [0.4, 0.5) is 8.78 Å². The van der Waals surface area contributed by atoms with Crippen molar-refractivity contribution in [3.05, 3.63) is 107 Å². The Morgan fingerprint density at radius 3 is 2.58 bits per heavy atom. The minimum Gasteiger partial charge on any atom is -0.456 e. The molecular formula is C24H17ClF2N2O4. The number of rotatable bonds is 5. The maximum atomic E-state index is 13.2. The van der Waals surface area contributed by atoms with Crippen LogP contribution in [0.3, 0.4) is 0 Å². The molecule has 1 aliphatic carbocycles. The number of aliphatic hydroxyl groups is 1. The summed E-state index contributed by atoms with van der Waals surface area (Å²) in [6.07, 6.45) is 7.30. The highest BCUT2D eigenvalue weighted by atomic mass is 35.5. The molecular weight excluding hydrogens is 454 g/mol. The van der Waals surface area contributed by atoms with Gasteiger partial charge < -0.3 is 20.1 Å². The molecule has 2 aromatic rings. The van der Waals surface area contributed by atoms with Gasteiger partial charge in [0.1, 0.15) is 23.1 Å². The van der Waals surface area contributed by atoms with Crippen LogP contribution in [0, 0.1) is 5.82 Å². The summed E-state index contributed by atoms with van der Waals surface area (Å²) in [7, 11) is 0. The summed E-state index contributed by atoms with van der Waals surface area (Å²) < 4.78 is 32.1. The monoisotopic (exact) mass is 470 g/mol. The molecule has 0 spiro atoms. The lowest BCUT2D eigenvalue weighted by molar-refractivity contribution is -0.140. The Morgan fingerprint density at radius 2 is 1.91 bits per heavy atom. The van der Waals surface area contributed by atoms with E-state index in [2.05, 4.69) is 5.32 Å². The highest BCUT2D eigenvalue weighted by Gasteiger charge is 2.39. The Labute approximate surface area is 192 Å². The third kappa shape index (κ3) is 4.87. The molecule has 2 aliphatic rings. The van der Waals surface area contributed by atoms with Gasteiger partial charge in [-0.25, -0.2) is 8.78 Å². The number of allylic oxidation sites excluding steroid dienone is 3. The van der Waals surface area contributed by atoms with E-state index in [0.717, 1.165) is 18.2 Å². The van der Waals surface area contributed by atoms with E-state index in [-0.39, 0.29) is 17.9 Å². The second-order valence-electron chi connectivity index (χ2n) is 7.23. The van der Waals surface area contributed by atoms with E-state index in [0.29, 0.717) is 16.5 Å². The predicted octanol–water partition coefficient (Wildman–Crippen LogP) is 4.40. The number of halogens is 3. The second-order valence-corrected chi connectivity index (χ2v) is 7.67. The van der Waals surface area contributed by atoms with Crippen molar-refractivity contribution >= 4 is 23.3 Å². The van der Waals surface area contributed by atoms with E-state index >= 15 is 0 Å². The van der Waals surface area contributed by atoms with Crippen molar-refractivity contribution < 1.29 is 28.2 Å². The topological polar surface area (TPSA) is 78.9 Å². The van der Waals surface area contributed by atoms with Gasteiger partial charge in [0, 0.05) is 35.6 Å². The van der Waals surface area contributed by atoms with E-state index in [1.165, 1.54) is 59.6 Å². The lowest BCUT2D eigenvalue weighted by Gasteiger charge is -2.36. The normalized spacial score (nSPS) is 19.8. The van der Waals surface area contributed by atoms with Gasteiger partial charge in [0.15, 0.2) is 0 Å². The first-order chi connectivity index (χ1) is 15.7. The molecule has 1 atom stereocenters. The van der Waals surface area contributed by atoms with Crippen LogP contribution >= 0.6 is 11.6 Å². The smallest absolute Gasteiger partial charge is 0.259 e. The van der Waals surface area contributed by atoms with Crippen molar-refractivity contribution in [1.82, 2.24) is 10.2 Å². The zero-order valence-electron chi connectivity index (χ0n) is 17.0. The molecule has 0 fully saturated rings. The quantitative estimate of drug-likeness (QED) is 0.677. The van der Waals surface area contributed by atoms with Crippen LogP contribution in [-0.2, 0) is 4.79 Å². The largest absolute Gasteiger partial charge is 0.456 e. The molecule has 33 heavy (non-hydrogen) atoms. The highest BCUT2D eigenvalue weighted by Crippen LogP contribution is 2.29. The number of carbonyl (C=O) groups is 2. The van der Waals surface area contributed by atoms with Gasteiger partial charge in [-0.3, -0.25) is 9.59 Å². The molecule has 1 amide bonds. The maximum absolute atomic E-state index is 13.2. The van der Waals surface area contributed by atoms with Gasteiger partial charge in [0.05, 0.1) is 5.56 Å². The first-order valence-electron chi connectivity index (χ1n) is 9.77. The summed E-state index contributed by atoms with van der Waals surface area (Å²) in [5.41, 5.74) is -1.41. The second kappa shape index (κ2) is 9.01. The summed E-state index contributed by atoms with van der Waals surface area (Å²) in [4.78, 5) is 26.3. The SMILES string of the molecule is O=C(NC1=CCN(C2(O)C=CC(F)=CC2=O)C=C1)c1ccc(Cl)cc1Oc1ccc(F)cc1. The van der Waals surface area contributed by atoms with E-state index in [1.54, 1.807) is 6.08 Å². The average Bonchev–Trinajstić information content (AvgIpc) is 2.79. The molecule has 6 nitrogen and oxygen atoms in total. The Kier molecular flexibility index (Phi) is 6.13. The molecule has 0 aromatic heterocycles. The summed E-state index contributed by atoms with van der Waals surface area (Å²) in [6.45, 7) is 0.0771. The van der Waals surface area contributed by atoms with Gasteiger partial charge in [-0.05, 0) is 60.7 Å². The Bertz CT molecular complexity index is 1240. The fraction of sp³-hybridized carbons (Fsp3) is 0.0833. The Morgan fingerprint density at radius 1 is 1.15 bits per heavy atom. The number of ether oxygens (including phenoxy) is 1. The number of nitrogens with one attached hydrogen (secondary N) is 1. The molecule has 0 saturated heterocycles. The molecule has 0 radical (unpaired) electrons. The first-order valence-corrected chi connectivity index (χ1v) is 10.1. The van der Waals surface area contributed by atoms with Crippen molar-refractivity contribution in [2.45, 2.75) is 5.72 Å². The number of amides is 1.